The summed E-state index contributed by atoms with van der Waals surface area (Å²) < 4.78 is 0. The van der Waals surface area contributed by atoms with Crippen LogP contribution in [0.15, 0.2) is 47.5 Å². The highest BCUT2D eigenvalue weighted by Gasteiger charge is 2.03. The number of aliphatic imine (C=N–C) groups is 1. The Bertz CT molecular complexity index is 629. The van der Waals surface area contributed by atoms with Crippen molar-refractivity contribution in [2.24, 2.45) is 4.99 Å². The minimum Gasteiger partial charge on any atom is -0.388 e. The monoisotopic (exact) mass is 283 g/mol. The predicted molar refractivity (Wildman–Crippen MR) is 89.5 cm³/mol. The van der Waals surface area contributed by atoms with E-state index in [9.17, 15) is 0 Å². The van der Waals surface area contributed by atoms with Crippen LogP contribution in [0.3, 0.4) is 0 Å². The highest BCUT2D eigenvalue weighted by Crippen LogP contribution is 2.26. The zero-order valence-corrected chi connectivity index (χ0v) is 12.4. The average molecular weight is 283 g/mol. The first-order valence-electron chi connectivity index (χ1n) is 6.42. The predicted octanol–water partition coefficient (Wildman–Crippen LogP) is 4.10. The summed E-state index contributed by atoms with van der Waals surface area (Å²) in [4.78, 5) is 4.10. The lowest BCUT2D eigenvalue weighted by Crippen LogP contribution is -1.93. The molecule has 0 atom stereocenters. The third kappa shape index (κ3) is 3.44. The largest absolute Gasteiger partial charge is 0.388 e. The van der Waals surface area contributed by atoms with Gasteiger partial charge in [-0.3, -0.25) is 0 Å². The van der Waals surface area contributed by atoms with Gasteiger partial charge in [0.25, 0.3) is 0 Å². The Balaban J connectivity index is 2.24. The van der Waals surface area contributed by atoms with Crippen LogP contribution in [-0.2, 0) is 6.42 Å². The molecular weight excluding hydrogens is 266 g/mol. The van der Waals surface area contributed by atoms with E-state index in [1.807, 2.05) is 26.2 Å². The first-order chi connectivity index (χ1) is 9.76. The van der Waals surface area contributed by atoms with E-state index < -0.39 is 0 Å². The van der Waals surface area contributed by atoms with E-state index in [4.69, 9.17) is 12.2 Å². The van der Waals surface area contributed by atoms with Crippen molar-refractivity contribution < 1.29 is 0 Å². The number of benzene rings is 2. The summed E-state index contributed by atoms with van der Waals surface area (Å²) in [7, 11) is 3.79. The Kier molecular flexibility index (Phi) is 4.88. The molecule has 0 aliphatic heterocycles. The Labute approximate surface area is 124 Å². The van der Waals surface area contributed by atoms with Crippen molar-refractivity contribution >= 4 is 34.4 Å². The zero-order valence-electron chi connectivity index (χ0n) is 11.6. The van der Waals surface area contributed by atoms with Crippen LogP contribution in [0.5, 0.6) is 0 Å². The second kappa shape index (κ2) is 6.85. The average Bonchev–Trinajstić information content (AvgIpc) is 2.49. The number of isothiocyanates is 1. The minimum absolute atomic E-state index is 0.826. The summed E-state index contributed by atoms with van der Waals surface area (Å²) in [6, 6.07) is 14.6. The Morgan fingerprint density at radius 1 is 1.00 bits per heavy atom. The molecule has 0 aromatic heterocycles. The van der Waals surface area contributed by atoms with Crippen LogP contribution < -0.4 is 10.6 Å². The van der Waals surface area contributed by atoms with E-state index in [2.05, 4.69) is 51.1 Å². The summed E-state index contributed by atoms with van der Waals surface area (Å²) in [5, 5.41) is 8.64. The Hall–Kier alpha value is -2.16. The van der Waals surface area contributed by atoms with Gasteiger partial charge in [-0.15, -0.1) is 0 Å². The molecule has 2 aromatic carbocycles. The van der Waals surface area contributed by atoms with Crippen LogP contribution in [0, 0.1) is 0 Å². The number of rotatable bonds is 5. The lowest BCUT2D eigenvalue weighted by Gasteiger charge is -2.08. The van der Waals surface area contributed by atoms with Crippen LogP contribution in [0.25, 0.3) is 0 Å². The molecule has 102 valence electrons. The molecule has 0 unspecified atom stereocenters. The van der Waals surface area contributed by atoms with E-state index in [1.54, 1.807) is 0 Å². The van der Waals surface area contributed by atoms with Crippen molar-refractivity contribution in [1.82, 2.24) is 0 Å². The van der Waals surface area contributed by atoms with Gasteiger partial charge in [0.15, 0.2) is 0 Å². The van der Waals surface area contributed by atoms with Crippen molar-refractivity contribution in [2.75, 3.05) is 24.7 Å². The fourth-order valence-electron chi connectivity index (χ4n) is 2.07. The van der Waals surface area contributed by atoms with Crippen LogP contribution in [-0.4, -0.2) is 19.3 Å². The molecule has 0 saturated carbocycles. The van der Waals surface area contributed by atoms with Crippen molar-refractivity contribution in [3.63, 3.8) is 0 Å². The van der Waals surface area contributed by atoms with Gasteiger partial charge in [-0.1, -0.05) is 18.2 Å². The molecule has 2 N–H and O–H groups in total. The fourth-order valence-corrected chi connectivity index (χ4v) is 2.16. The highest BCUT2D eigenvalue weighted by molar-refractivity contribution is 7.78. The topological polar surface area (TPSA) is 36.4 Å². The maximum atomic E-state index is 4.69. The van der Waals surface area contributed by atoms with Gasteiger partial charge in [0.2, 0.25) is 0 Å². The summed E-state index contributed by atoms with van der Waals surface area (Å²) in [5.74, 6) is 0. The van der Waals surface area contributed by atoms with Gasteiger partial charge in [0, 0.05) is 19.8 Å². The number of thiocarbonyl (C=S) groups is 1. The van der Waals surface area contributed by atoms with Crippen molar-refractivity contribution in [3.8, 4) is 0 Å². The maximum absolute atomic E-state index is 4.69. The first-order valence-corrected chi connectivity index (χ1v) is 6.83. The SMILES string of the molecule is CNc1ccc(Cc2ccc(NC)c(N=C=S)c2)cc1. The van der Waals surface area contributed by atoms with Crippen LogP contribution >= 0.6 is 12.2 Å². The molecule has 0 radical (unpaired) electrons. The number of hydrogen-bond acceptors (Lipinski definition) is 4. The molecule has 4 heteroatoms. The smallest absolute Gasteiger partial charge is 0.0973 e. The van der Waals surface area contributed by atoms with Crippen molar-refractivity contribution in [3.05, 3.63) is 53.6 Å². The second-order valence-corrected chi connectivity index (χ2v) is 4.61. The summed E-state index contributed by atoms with van der Waals surface area (Å²) in [6.07, 6.45) is 0.869. The Morgan fingerprint density at radius 2 is 1.70 bits per heavy atom. The summed E-state index contributed by atoms with van der Waals surface area (Å²) in [5.41, 5.74) is 5.36. The molecule has 0 saturated heterocycles. The van der Waals surface area contributed by atoms with Crippen molar-refractivity contribution in [2.45, 2.75) is 6.42 Å². The second-order valence-electron chi connectivity index (χ2n) is 4.43. The molecular formula is C16H17N3S. The standard InChI is InChI=1S/C16H17N3S/c1-17-14-6-3-12(4-7-14)9-13-5-8-15(18-2)16(10-13)19-11-20/h3-8,10,17-18H,9H2,1-2H3. The van der Waals surface area contributed by atoms with E-state index in [-0.39, 0.29) is 0 Å². The minimum atomic E-state index is 0.826. The van der Waals surface area contributed by atoms with E-state index in [0.29, 0.717) is 0 Å². The zero-order chi connectivity index (χ0) is 14.4. The molecule has 2 rings (SSSR count). The summed E-state index contributed by atoms with van der Waals surface area (Å²) in [6.45, 7) is 0. The van der Waals surface area contributed by atoms with Gasteiger partial charge < -0.3 is 10.6 Å². The number of hydrogen-bond donors (Lipinski definition) is 2. The lowest BCUT2D eigenvalue weighted by molar-refractivity contribution is 1.19. The molecule has 0 spiro atoms. The molecule has 0 bridgehead atoms. The molecule has 0 fully saturated rings. The van der Waals surface area contributed by atoms with Gasteiger partial charge in [-0.25, -0.2) is 0 Å². The van der Waals surface area contributed by atoms with Crippen LogP contribution in [0.4, 0.5) is 17.1 Å². The molecule has 0 aliphatic carbocycles. The third-order valence-electron chi connectivity index (χ3n) is 3.15. The summed E-state index contributed by atoms with van der Waals surface area (Å²) >= 11 is 4.69. The molecule has 0 aliphatic rings. The lowest BCUT2D eigenvalue weighted by atomic mass is 10.0. The van der Waals surface area contributed by atoms with Gasteiger partial charge >= 0.3 is 0 Å². The van der Waals surface area contributed by atoms with Crippen LogP contribution in [0.1, 0.15) is 11.1 Å². The van der Waals surface area contributed by atoms with Gasteiger partial charge in [0.1, 0.15) is 0 Å². The molecule has 20 heavy (non-hydrogen) atoms. The molecule has 0 heterocycles. The molecule has 3 nitrogen and oxygen atoms in total. The van der Waals surface area contributed by atoms with Gasteiger partial charge in [0.05, 0.1) is 16.5 Å². The van der Waals surface area contributed by atoms with Gasteiger partial charge in [-0.2, -0.15) is 4.99 Å². The Morgan fingerprint density at radius 3 is 2.30 bits per heavy atom. The number of nitrogens with zero attached hydrogens (tertiary/aromatic N) is 1. The van der Waals surface area contributed by atoms with Crippen LogP contribution in [0.2, 0.25) is 0 Å². The number of nitrogens with one attached hydrogen (secondary N) is 2. The first kappa shape index (κ1) is 14.3. The normalized spacial score (nSPS) is 9.70. The molecule has 0 amide bonds. The third-order valence-corrected chi connectivity index (χ3v) is 3.24. The van der Waals surface area contributed by atoms with Gasteiger partial charge in [-0.05, 0) is 54.0 Å². The van der Waals surface area contributed by atoms with E-state index >= 15 is 0 Å². The van der Waals surface area contributed by atoms with Crippen molar-refractivity contribution in [1.29, 1.82) is 0 Å². The highest BCUT2D eigenvalue weighted by atomic mass is 32.1. The molecule has 2 aromatic rings. The fraction of sp³-hybridized carbons (Fsp3) is 0.188. The number of anilines is 2. The maximum Gasteiger partial charge on any atom is 0.0973 e. The van der Waals surface area contributed by atoms with E-state index in [0.717, 1.165) is 23.5 Å². The van der Waals surface area contributed by atoms with E-state index in [1.165, 1.54) is 11.1 Å². The quantitative estimate of drug-likeness (QED) is 0.641.